The molecule has 0 heterocycles. The van der Waals surface area contributed by atoms with Crippen LogP contribution in [0.2, 0.25) is 0 Å². The Hall–Kier alpha value is -3.96. The minimum atomic E-state index is -1.69. The summed E-state index contributed by atoms with van der Waals surface area (Å²) in [7, 11) is 0. The molecule has 1 aromatic carbocycles. The molecule has 4 N–H and O–H groups in total. The first-order valence-electron chi connectivity index (χ1n) is 7.73. The van der Waals surface area contributed by atoms with Crippen LogP contribution in [0.5, 0.6) is 0 Å². The lowest BCUT2D eigenvalue weighted by Gasteiger charge is -2.12. The van der Waals surface area contributed by atoms with Crippen molar-refractivity contribution < 1.29 is 48.5 Å². The monoisotopic (exact) mass is 396 g/mol. The minimum Gasteiger partial charge on any atom is -0.478 e. The smallest absolute Gasteiger partial charge is 0.414 e. The van der Waals surface area contributed by atoms with Crippen molar-refractivity contribution in [2.75, 3.05) is 13.2 Å². The van der Waals surface area contributed by atoms with Gasteiger partial charge in [0.1, 0.15) is 0 Å². The number of carbonyl (C=O) groups is 6. The van der Waals surface area contributed by atoms with Gasteiger partial charge in [-0.05, 0) is 26.0 Å². The van der Waals surface area contributed by atoms with Crippen LogP contribution >= 0.6 is 0 Å². The largest absolute Gasteiger partial charge is 0.478 e. The molecule has 0 spiro atoms. The molecule has 150 valence electrons. The molecule has 1 rings (SSSR count). The first-order valence-corrected chi connectivity index (χ1v) is 7.73. The SMILES string of the molecule is CCOC(=O)NC(=O)c1cc(C(=O)NC(=O)OCC)c(C(=O)O)cc1C(=O)O. The summed E-state index contributed by atoms with van der Waals surface area (Å²) in [6.45, 7) is 2.78. The van der Waals surface area contributed by atoms with Gasteiger partial charge < -0.3 is 19.7 Å². The van der Waals surface area contributed by atoms with Crippen LogP contribution in [-0.4, -0.2) is 59.4 Å². The molecule has 0 saturated carbocycles. The van der Waals surface area contributed by atoms with Crippen LogP contribution in [0, 0.1) is 0 Å². The Labute approximate surface area is 157 Å². The maximum atomic E-state index is 12.2. The average molecular weight is 396 g/mol. The van der Waals surface area contributed by atoms with E-state index in [4.69, 9.17) is 0 Å². The van der Waals surface area contributed by atoms with Crippen LogP contribution in [-0.2, 0) is 9.47 Å². The zero-order valence-corrected chi connectivity index (χ0v) is 14.7. The Kier molecular flexibility index (Phi) is 7.62. The van der Waals surface area contributed by atoms with Crippen LogP contribution in [0.25, 0.3) is 0 Å². The van der Waals surface area contributed by atoms with Gasteiger partial charge in [-0.25, -0.2) is 19.2 Å². The first kappa shape index (κ1) is 22.1. The van der Waals surface area contributed by atoms with Crippen molar-refractivity contribution in [3.63, 3.8) is 0 Å². The summed E-state index contributed by atoms with van der Waals surface area (Å²) in [5, 5.41) is 21.9. The molecule has 0 aliphatic carbocycles. The maximum absolute atomic E-state index is 12.2. The average Bonchev–Trinajstić information content (AvgIpc) is 2.60. The highest BCUT2D eigenvalue weighted by atomic mass is 16.6. The second kappa shape index (κ2) is 9.66. The molecular weight excluding hydrogens is 380 g/mol. The lowest BCUT2D eigenvalue weighted by atomic mass is 9.97. The lowest BCUT2D eigenvalue weighted by Crippen LogP contribution is -2.34. The zero-order valence-electron chi connectivity index (χ0n) is 14.7. The van der Waals surface area contributed by atoms with Crippen molar-refractivity contribution in [1.82, 2.24) is 10.6 Å². The molecule has 28 heavy (non-hydrogen) atoms. The number of carboxylic acids is 2. The molecule has 0 atom stereocenters. The third-order valence-electron chi connectivity index (χ3n) is 3.09. The van der Waals surface area contributed by atoms with Crippen LogP contribution in [0.4, 0.5) is 9.59 Å². The van der Waals surface area contributed by atoms with Crippen LogP contribution in [0.15, 0.2) is 12.1 Å². The van der Waals surface area contributed by atoms with E-state index in [-0.39, 0.29) is 13.2 Å². The summed E-state index contributed by atoms with van der Waals surface area (Å²) >= 11 is 0. The summed E-state index contributed by atoms with van der Waals surface area (Å²) in [6.07, 6.45) is -2.35. The summed E-state index contributed by atoms with van der Waals surface area (Å²) in [5.74, 6) is -5.88. The molecule has 4 amide bonds. The number of ether oxygens (including phenoxy) is 2. The molecule has 0 unspecified atom stereocenters. The number of rotatable bonds is 6. The highest BCUT2D eigenvalue weighted by Gasteiger charge is 2.27. The van der Waals surface area contributed by atoms with E-state index in [0.717, 1.165) is 0 Å². The first-order chi connectivity index (χ1) is 13.1. The summed E-state index contributed by atoms with van der Waals surface area (Å²) in [5.41, 5.74) is -2.96. The second-order valence-corrected chi connectivity index (χ2v) is 4.90. The Morgan fingerprint density at radius 1 is 0.714 bits per heavy atom. The van der Waals surface area contributed by atoms with Gasteiger partial charge in [0.25, 0.3) is 11.8 Å². The Balaban J connectivity index is 3.46. The van der Waals surface area contributed by atoms with E-state index in [9.17, 15) is 39.0 Å². The van der Waals surface area contributed by atoms with E-state index < -0.39 is 58.2 Å². The lowest BCUT2D eigenvalue weighted by molar-refractivity contribution is 0.0684. The molecule has 0 fully saturated rings. The van der Waals surface area contributed by atoms with E-state index in [1.807, 2.05) is 0 Å². The van der Waals surface area contributed by atoms with Gasteiger partial charge in [0.2, 0.25) is 0 Å². The van der Waals surface area contributed by atoms with E-state index >= 15 is 0 Å². The van der Waals surface area contributed by atoms with Gasteiger partial charge in [0.05, 0.1) is 35.5 Å². The molecule has 1 aromatic rings. The van der Waals surface area contributed by atoms with Crippen LogP contribution < -0.4 is 10.6 Å². The Bertz CT molecular complexity index is 781. The number of benzene rings is 1. The van der Waals surface area contributed by atoms with Gasteiger partial charge in [-0.15, -0.1) is 0 Å². The number of hydrogen-bond acceptors (Lipinski definition) is 8. The standard InChI is InChI=1S/C16H16N2O10/c1-3-27-15(25)17-11(19)7-5-8(12(20)18-16(26)28-4-2)10(14(23)24)6-9(7)13(21)22/h5-6H,3-4H2,1-2H3,(H,21,22)(H,23,24)(H,17,19,25)(H,18,20,26). The number of carboxylic acid groups (broad SMARTS) is 2. The fourth-order valence-electron chi connectivity index (χ4n) is 1.98. The minimum absolute atomic E-state index is 0.0734. The van der Waals surface area contributed by atoms with Crippen molar-refractivity contribution in [1.29, 1.82) is 0 Å². The van der Waals surface area contributed by atoms with Crippen molar-refractivity contribution in [2.24, 2.45) is 0 Å². The normalized spacial score (nSPS) is 9.79. The highest BCUT2D eigenvalue weighted by molar-refractivity contribution is 6.15. The maximum Gasteiger partial charge on any atom is 0.414 e. The number of carbonyl (C=O) groups excluding carboxylic acids is 4. The summed E-state index contributed by atoms with van der Waals surface area (Å²) in [6, 6.07) is 1.20. The molecular formula is C16H16N2O10. The van der Waals surface area contributed by atoms with Crippen LogP contribution in [0.1, 0.15) is 55.3 Å². The van der Waals surface area contributed by atoms with E-state index in [1.54, 1.807) is 10.6 Å². The van der Waals surface area contributed by atoms with Crippen LogP contribution in [0.3, 0.4) is 0 Å². The van der Waals surface area contributed by atoms with Crippen molar-refractivity contribution >= 4 is 35.9 Å². The number of nitrogens with one attached hydrogen (secondary N) is 2. The van der Waals surface area contributed by atoms with Crippen molar-refractivity contribution in [2.45, 2.75) is 13.8 Å². The third kappa shape index (κ3) is 5.52. The van der Waals surface area contributed by atoms with Gasteiger partial charge in [-0.2, -0.15) is 0 Å². The van der Waals surface area contributed by atoms with Gasteiger partial charge in [0.15, 0.2) is 0 Å². The van der Waals surface area contributed by atoms with E-state index in [2.05, 4.69) is 9.47 Å². The molecule has 0 saturated heterocycles. The van der Waals surface area contributed by atoms with Gasteiger partial charge in [-0.3, -0.25) is 20.2 Å². The number of alkyl carbamates (subject to hydrolysis) is 2. The number of imide groups is 2. The molecule has 12 nitrogen and oxygen atoms in total. The number of amides is 4. The summed E-state index contributed by atoms with van der Waals surface area (Å²) < 4.78 is 9.00. The fraction of sp³-hybridized carbons (Fsp3) is 0.250. The second-order valence-electron chi connectivity index (χ2n) is 4.90. The van der Waals surface area contributed by atoms with Gasteiger partial charge in [0, 0.05) is 0 Å². The fourth-order valence-corrected chi connectivity index (χ4v) is 1.98. The van der Waals surface area contributed by atoms with E-state index in [0.29, 0.717) is 12.1 Å². The molecule has 0 aliphatic heterocycles. The molecule has 0 bridgehead atoms. The topological polar surface area (TPSA) is 185 Å². The zero-order chi connectivity index (χ0) is 21.4. The molecule has 0 radical (unpaired) electrons. The Morgan fingerprint density at radius 3 is 1.32 bits per heavy atom. The van der Waals surface area contributed by atoms with Gasteiger partial charge >= 0.3 is 24.1 Å². The predicted molar refractivity (Wildman–Crippen MR) is 89.3 cm³/mol. The number of hydrogen-bond donors (Lipinski definition) is 4. The summed E-state index contributed by atoms with van der Waals surface area (Å²) in [4.78, 5) is 69.9. The molecule has 12 heteroatoms. The van der Waals surface area contributed by atoms with Crippen molar-refractivity contribution in [3.05, 3.63) is 34.4 Å². The molecule has 0 aromatic heterocycles. The Morgan fingerprint density at radius 2 is 1.04 bits per heavy atom. The van der Waals surface area contributed by atoms with Gasteiger partial charge in [-0.1, -0.05) is 0 Å². The highest BCUT2D eigenvalue weighted by Crippen LogP contribution is 2.19. The quantitative estimate of drug-likeness (QED) is 0.537. The third-order valence-corrected chi connectivity index (χ3v) is 3.09. The molecule has 0 aliphatic rings. The number of aromatic carboxylic acids is 2. The van der Waals surface area contributed by atoms with E-state index in [1.165, 1.54) is 13.8 Å². The predicted octanol–water partition coefficient (Wildman–Crippen LogP) is 0.856. The van der Waals surface area contributed by atoms with Crippen molar-refractivity contribution in [3.8, 4) is 0 Å².